The second-order valence-corrected chi connectivity index (χ2v) is 6.76. The first-order valence-electron chi connectivity index (χ1n) is 8.99. The summed E-state index contributed by atoms with van der Waals surface area (Å²) >= 11 is 0. The summed E-state index contributed by atoms with van der Waals surface area (Å²) in [5.74, 6) is 0.889. The van der Waals surface area contributed by atoms with Gasteiger partial charge in [-0.3, -0.25) is 0 Å². The summed E-state index contributed by atoms with van der Waals surface area (Å²) in [4.78, 5) is 0. The molecular formula is C19H24F3N3. The van der Waals surface area contributed by atoms with Gasteiger partial charge < -0.3 is 5.32 Å². The first-order chi connectivity index (χ1) is 12.0. The normalized spacial score (nSPS) is 16.1. The Hall–Kier alpha value is -1.98. The summed E-state index contributed by atoms with van der Waals surface area (Å²) in [5.41, 5.74) is 0.719. The van der Waals surface area contributed by atoms with Gasteiger partial charge in [-0.25, -0.2) is 4.68 Å². The largest absolute Gasteiger partial charge is 0.435 e. The molecule has 0 bridgehead atoms. The third-order valence-corrected chi connectivity index (χ3v) is 4.85. The van der Waals surface area contributed by atoms with Gasteiger partial charge in [-0.2, -0.15) is 18.3 Å². The lowest BCUT2D eigenvalue weighted by molar-refractivity contribution is -0.141. The van der Waals surface area contributed by atoms with E-state index in [0.29, 0.717) is 5.69 Å². The molecular weight excluding hydrogens is 327 g/mol. The van der Waals surface area contributed by atoms with Crippen molar-refractivity contribution in [1.82, 2.24) is 9.78 Å². The van der Waals surface area contributed by atoms with Gasteiger partial charge in [0, 0.05) is 18.4 Å². The zero-order valence-electron chi connectivity index (χ0n) is 14.2. The van der Waals surface area contributed by atoms with Crippen molar-refractivity contribution in [2.24, 2.45) is 5.92 Å². The predicted molar refractivity (Wildman–Crippen MR) is 92.9 cm³/mol. The Kier molecular flexibility index (Phi) is 5.66. The van der Waals surface area contributed by atoms with E-state index in [2.05, 4.69) is 10.4 Å². The van der Waals surface area contributed by atoms with Crippen LogP contribution in [0, 0.1) is 5.92 Å². The van der Waals surface area contributed by atoms with Crippen LogP contribution in [0.1, 0.15) is 50.6 Å². The van der Waals surface area contributed by atoms with Gasteiger partial charge in [-0.1, -0.05) is 32.1 Å². The molecule has 1 aliphatic carbocycles. The molecule has 6 heteroatoms. The van der Waals surface area contributed by atoms with Gasteiger partial charge in [0.25, 0.3) is 0 Å². The summed E-state index contributed by atoms with van der Waals surface area (Å²) in [7, 11) is 0. The number of nitrogens with one attached hydrogen (secondary N) is 1. The van der Waals surface area contributed by atoms with Crippen LogP contribution < -0.4 is 5.32 Å². The maximum Gasteiger partial charge on any atom is 0.435 e. The molecule has 25 heavy (non-hydrogen) atoms. The lowest BCUT2D eigenvalue weighted by Crippen LogP contribution is -2.09. The van der Waals surface area contributed by atoms with Crippen LogP contribution in [0.2, 0.25) is 0 Å². The average Bonchev–Trinajstić information content (AvgIpc) is 3.11. The maximum absolute atomic E-state index is 12.6. The van der Waals surface area contributed by atoms with E-state index in [1.165, 1.54) is 49.4 Å². The summed E-state index contributed by atoms with van der Waals surface area (Å²) in [5, 5.41) is 6.96. The standard InChI is InChI=1S/C19H24F3N3/c20-19(21,22)18-12-14-25(24-18)17-10-8-16(9-11-17)23-13-4-7-15-5-2-1-3-6-15/h8-12,14-15,23H,1-7,13H2. The minimum atomic E-state index is -4.41. The van der Waals surface area contributed by atoms with E-state index >= 15 is 0 Å². The highest BCUT2D eigenvalue weighted by atomic mass is 19.4. The number of hydrogen-bond donors (Lipinski definition) is 1. The van der Waals surface area contributed by atoms with Crippen molar-refractivity contribution >= 4 is 5.69 Å². The fourth-order valence-electron chi connectivity index (χ4n) is 3.45. The number of hydrogen-bond acceptors (Lipinski definition) is 2. The first kappa shape index (κ1) is 17.8. The quantitative estimate of drug-likeness (QED) is 0.680. The third-order valence-electron chi connectivity index (χ3n) is 4.85. The summed E-state index contributed by atoms with van der Waals surface area (Å²) < 4.78 is 39.1. The van der Waals surface area contributed by atoms with Crippen molar-refractivity contribution < 1.29 is 13.2 Å². The molecule has 0 amide bonds. The minimum Gasteiger partial charge on any atom is -0.385 e. The fraction of sp³-hybridized carbons (Fsp3) is 0.526. The van der Waals surface area contributed by atoms with E-state index < -0.39 is 11.9 Å². The van der Waals surface area contributed by atoms with Crippen molar-refractivity contribution in [1.29, 1.82) is 0 Å². The van der Waals surface area contributed by atoms with Crippen LogP contribution in [0.4, 0.5) is 18.9 Å². The summed E-state index contributed by atoms with van der Waals surface area (Å²) in [6.45, 7) is 0.926. The van der Waals surface area contributed by atoms with Gasteiger partial charge in [0.2, 0.25) is 0 Å². The van der Waals surface area contributed by atoms with Gasteiger partial charge in [-0.15, -0.1) is 0 Å². The molecule has 136 valence electrons. The number of alkyl halides is 3. The van der Waals surface area contributed by atoms with Crippen LogP contribution in [0.25, 0.3) is 5.69 Å². The number of nitrogens with zero attached hydrogens (tertiary/aromatic N) is 2. The summed E-state index contributed by atoms with van der Waals surface area (Å²) in [6, 6.07) is 8.29. The molecule has 0 saturated heterocycles. The molecule has 0 spiro atoms. The van der Waals surface area contributed by atoms with Gasteiger partial charge >= 0.3 is 6.18 Å². The Morgan fingerprint density at radius 3 is 2.40 bits per heavy atom. The molecule has 3 nitrogen and oxygen atoms in total. The fourth-order valence-corrected chi connectivity index (χ4v) is 3.45. The zero-order valence-corrected chi connectivity index (χ0v) is 14.2. The monoisotopic (exact) mass is 351 g/mol. The highest BCUT2D eigenvalue weighted by Crippen LogP contribution is 2.28. The molecule has 0 atom stereocenters. The van der Waals surface area contributed by atoms with Crippen molar-refractivity contribution in [2.45, 2.75) is 51.1 Å². The minimum absolute atomic E-state index is 0.614. The average molecular weight is 351 g/mol. The molecule has 1 saturated carbocycles. The van der Waals surface area contributed by atoms with Crippen LogP contribution in [-0.2, 0) is 6.18 Å². The highest BCUT2D eigenvalue weighted by molar-refractivity contribution is 5.48. The van der Waals surface area contributed by atoms with E-state index in [-0.39, 0.29) is 0 Å². The van der Waals surface area contributed by atoms with Crippen LogP contribution in [0.3, 0.4) is 0 Å². The van der Waals surface area contributed by atoms with Gasteiger partial charge in [0.05, 0.1) is 5.69 Å². The van der Waals surface area contributed by atoms with Crippen molar-refractivity contribution in [3.8, 4) is 5.69 Å². The maximum atomic E-state index is 12.6. The Bertz CT molecular complexity index is 655. The highest BCUT2D eigenvalue weighted by Gasteiger charge is 2.33. The predicted octanol–water partition coefficient (Wildman–Crippen LogP) is 5.66. The molecule has 0 unspecified atom stereocenters. The Morgan fingerprint density at radius 2 is 1.76 bits per heavy atom. The van der Waals surface area contributed by atoms with Crippen LogP contribution in [0.15, 0.2) is 36.5 Å². The molecule has 1 fully saturated rings. The van der Waals surface area contributed by atoms with Gasteiger partial charge in [0.1, 0.15) is 0 Å². The van der Waals surface area contributed by atoms with Crippen molar-refractivity contribution in [3.05, 3.63) is 42.2 Å². The number of anilines is 1. The van der Waals surface area contributed by atoms with Crippen molar-refractivity contribution in [2.75, 3.05) is 11.9 Å². The van der Waals surface area contributed by atoms with Crippen LogP contribution in [0.5, 0.6) is 0 Å². The molecule has 0 radical (unpaired) electrons. The lowest BCUT2D eigenvalue weighted by Gasteiger charge is -2.21. The first-order valence-corrected chi connectivity index (χ1v) is 8.99. The van der Waals surface area contributed by atoms with Crippen LogP contribution >= 0.6 is 0 Å². The van der Waals surface area contributed by atoms with Gasteiger partial charge in [0.15, 0.2) is 5.69 Å². The molecule has 1 N–H and O–H groups in total. The SMILES string of the molecule is FC(F)(F)c1ccn(-c2ccc(NCCCC3CCCCC3)cc2)n1. The topological polar surface area (TPSA) is 29.9 Å². The smallest absolute Gasteiger partial charge is 0.385 e. The molecule has 1 aliphatic rings. The molecule has 2 aromatic rings. The molecule has 1 heterocycles. The number of benzene rings is 1. The van der Waals surface area contributed by atoms with E-state index in [9.17, 15) is 13.2 Å². The molecule has 1 aromatic heterocycles. The Labute approximate surface area is 146 Å². The second-order valence-electron chi connectivity index (χ2n) is 6.76. The Morgan fingerprint density at radius 1 is 1.04 bits per heavy atom. The summed E-state index contributed by atoms with van der Waals surface area (Å²) in [6.07, 6.45) is 6.24. The Balaban J connectivity index is 1.48. The van der Waals surface area contributed by atoms with Gasteiger partial charge in [-0.05, 0) is 49.1 Å². The number of halogens is 3. The van der Waals surface area contributed by atoms with Crippen LogP contribution in [-0.4, -0.2) is 16.3 Å². The molecule has 1 aromatic carbocycles. The molecule has 3 rings (SSSR count). The van der Waals surface area contributed by atoms with E-state index in [1.54, 1.807) is 12.1 Å². The zero-order chi connectivity index (χ0) is 17.7. The van der Waals surface area contributed by atoms with Crippen molar-refractivity contribution in [3.63, 3.8) is 0 Å². The van der Waals surface area contributed by atoms with E-state index in [4.69, 9.17) is 0 Å². The molecule has 0 aliphatic heterocycles. The number of rotatable bonds is 6. The third kappa shape index (κ3) is 5.00. The lowest BCUT2D eigenvalue weighted by atomic mass is 9.86. The van der Waals surface area contributed by atoms with E-state index in [1.807, 2.05) is 12.1 Å². The number of aromatic nitrogens is 2. The van der Waals surface area contributed by atoms with E-state index in [0.717, 1.165) is 30.6 Å². The second kappa shape index (κ2) is 7.93.